The third-order valence-corrected chi connectivity index (χ3v) is 3.22. The second kappa shape index (κ2) is 9.17. The molecule has 0 bridgehead atoms. The number of hydrogen-bond donors (Lipinski definition) is 1. The molecule has 0 aliphatic rings. The number of rotatable bonds is 7. The summed E-state index contributed by atoms with van der Waals surface area (Å²) in [6.07, 6.45) is 3.20. The van der Waals surface area contributed by atoms with E-state index in [9.17, 15) is 19.3 Å². The van der Waals surface area contributed by atoms with Gasteiger partial charge in [0.15, 0.2) is 0 Å². The van der Waals surface area contributed by atoms with Crippen molar-refractivity contribution in [3.8, 4) is 0 Å². The van der Waals surface area contributed by atoms with Crippen LogP contribution < -0.4 is 5.32 Å². The van der Waals surface area contributed by atoms with Gasteiger partial charge in [0.25, 0.3) is 5.69 Å². The van der Waals surface area contributed by atoms with Crippen molar-refractivity contribution in [3.05, 3.63) is 81.7 Å². The van der Waals surface area contributed by atoms with Gasteiger partial charge in [0.05, 0.1) is 11.0 Å². The Balaban J connectivity index is 1.72. The number of halogens is 1. The number of hydrogen-bond acceptors (Lipinski definition) is 4. The molecule has 0 atom stereocenters. The van der Waals surface area contributed by atoms with E-state index in [1.54, 1.807) is 12.2 Å². The molecule has 2 aromatic rings. The van der Waals surface area contributed by atoms with Gasteiger partial charge in [0, 0.05) is 12.6 Å². The Bertz CT molecular complexity index is 763. The predicted molar refractivity (Wildman–Crippen MR) is 91.3 cm³/mol. The molecule has 0 saturated heterocycles. The minimum atomic E-state index is -0.670. The minimum Gasteiger partial charge on any atom is -0.445 e. The van der Waals surface area contributed by atoms with Crippen molar-refractivity contribution in [1.82, 2.24) is 5.32 Å². The van der Waals surface area contributed by atoms with Crippen LogP contribution in [0.15, 0.2) is 54.6 Å². The molecule has 0 fully saturated rings. The van der Waals surface area contributed by atoms with E-state index in [-0.39, 0.29) is 12.3 Å². The molecule has 0 aliphatic carbocycles. The number of nitrogens with zero attached hydrogens (tertiary/aromatic N) is 1. The van der Waals surface area contributed by atoms with Crippen LogP contribution in [0.2, 0.25) is 0 Å². The number of nitro groups is 1. The Morgan fingerprint density at radius 3 is 2.72 bits per heavy atom. The summed E-state index contributed by atoms with van der Waals surface area (Å²) < 4.78 is 18.3. The van der Waals surface area contributed by atoms with Crippen molar-refractivity contribution in [2.24, 2.45) is 0 Å². The maximum Gasteiger partial charge on any atom is 0.407 e. The summed E-state index contributed by atoms with van der Waals surface area (Å²) in [5.74, 6) is -0.670. The smallest absolute Gasteiger partial charge is 0.407 e. The molecule has 6 nitrogen and oxygen atoms in total. The summed E-state index contributed by atoms with van der Waals surface area (Å²) in [4.78, 5) is 21.6. The zero-order valence-electron chi connectivity index (χ0n) is 13.4. The first-order valence-corrected chi connectivity index (χ1v) is 7.60. The molecule has 1 amide bonds. The molecule has 130 valence electrons. The van der Waals surface area contributed by atoms with E-state index < -0.39 is 16.8 Å². The van der Waals surface area contributed by atoms with Crippen LogP contribution in [-0.2, 0) is 11.3 Å². The van der Waals surface area contributed by atoms with Gasteiger partial charge < -0.3 is 10.1 Å². The zero-order valence-corrected chi connectivity index (χ0v) is 13.4. The molecule has 2 aromatic carbocycles. The molecule has 2 rings (SSSR count). The summed E-state index contributed by atoms with van der Waals surface area (Å²) in [5.41, 5.74) is 0.978. The van der Waals surface area contributed by atoms with Crippen molar-refractivity contribution in [1.29, 1.82) is 0 Å². The highest BCUT2D eigenvalue weighted by Crippen LogP contribution is 2.17. The standard InChI is InChI=1S/C18H17FN2O4/c19-16-10-15(11-17(12-16)21(23)24)8-4-5-9-20-18(22)25-13-14-6-2-1-3-7-14/h1-4,6-8,10-12H,5,9,13H2,(H,20,22). The van der Waals surface area contributed by atoms with Crippen LogP contribution in [0.4, 0.5) is 14.9 Å². The summed E-state index contributed by atoms with van der Waals surface area (Å²) in [5, 5.41) is 13.3. The lowest BCUT2D eigenvalue weighted by molar-refractivity contribution is -0.385. The Labute approximate surface area is 144 Å². The number of carbonyl (C=O) groups excluding carboxylic acids is 1. The van der Waals surface area contributed by atoms with Gasteiger partial charge in [-0.25, -0.2) is 9.18 Å². The number of benzene rings is 2. The second-order valence-corrected chi connectivity index (χ2v) is 5.18. The van der Waals surface area contributed by atoms with E-state index >= 15 is 0 Å². The number of non-ortho nitro benzene ring substituents is 1. The molecule has 7 heteroatoms. The first kappa shape index (κ1) is 18.1. The first-order valence-electron chi connectivity index (χ1n) is 7.60. The van der Waals surface area contributed by atoms with Gasteiger partial charge in [0.1, 0.15) is 12.4 Å². The van der Waals surface area contributed by atoms with E-state index in [1.807, 2.05) is 30.3 Å². The normalized spacial score (nSPS) is 10.6. The fourth-order valence-electron chi connectivity index (χ4n) is 2.05. The highest BCUT2D eigenvalue weighted by Gasteiger charge is 2.08. The van der Waals surface area contributed by atoms with Crippen LogP contribution in [-0.4, -0.2) is 17.6 Å². The number of amides is 1. The molecule has 0 spiro atoms. The minimum absolute atomic E-state index is 0.190. The number of nitro benzene ring substituents is 1. The second-order valence-electron chi connectivity index (χ2n) is 5.18. The highest BCUT2D eigenvalue weighted by atomic mass is 19.1. The van der Waals surface area contributed by atoms with Gasteiger partial charge in [0.2, 0.25) is 0 Å². The van der Waals surface area contributed by atoms with Gasteiger partial charge >= 0.3 is 6.09 Å². The van der Waals surface area contributed by atoms with Crippen LogP contribution in [0.3, 0.4) is 0 Å². The van der Waals surface area contributed by atoms with Crippen LogP contribution in [0.5, 0.6) is 0 Å². The Morgan fingerprint density at radius 1 is 1.24 bits per heavy atom. The maximum atomic E-state index is 13.3. The predicted octanol–water partition coefficient (Wildman–Crippen LogP) is 4.06. The average molecular weight is 344 g/mol. The Morgan fingerprint density at radius 2 is 2.00 bits per heavy atom. The number of nitrogens with one attached hydrogen (secondary N) is 1. The molecular formula is C18H17FN2O4. The molecule has 0 heterocycles. The third kappa shape index (κ3) is 6.42. The molecule has 0 radical (unpaired) electrons. The van der Waals surface area contributed by atoms with Gasteiger partial charge in [-0.3, -0.25) is 10.1 Å². The lowest BCUT2D eigenvalue weighted by Crippen LogP contribution is -2.24. The number of carbonyl (C=O) groups is 1. The fourth-order valence-corrected chi connectivity index (χ4v) is 2.05. The molecule has 1 N–H and O–H groups in total. The maximum absolute atomic E-state index is 13.3. The summed E-state index contributed by atoms with van der Waals surface area (Å²) in [7, 11) is 0. The van der Waals surface area contributed by atoms with E-state index in [4.69, 9.17) is 4.74 Å². The van der Waals surface area contributed by atoms with Crippen molar-refractivity contribution in [3.63, 3.8) is 0 Å². The topological polar surface area (TPSA) is 81.5 Å². The van der Waals surface area contributed by atoms with Crippen LogP contribution in [0.25, 0.3) is 6.08 Å². The lowest BCUT2D eigenvalue weighted by atomic mass is 10.1. The van der Waals surface area contributed by atoms with Crippen molar-refractivity contribution in [2.45, 2.75) is 13.0 Å². The summed E-state index contributed by atoms with van der Waals surface area (Å²) in [6, 6.07) is 12.6. The summed E-state index contributed by atoms with van der Waals surface area (Å²) in [6.45, 7) is 0.525. The monoisotopic (exact) mass is 344 g/mol. The van der Waals surface area contributed by atoms with Crippen LogP contribution in [0, 0.1) is 15.9 Å². The highest BCUT2D eigenvalue weighted by molar-refractivity contribution is 5.67. The van der Waals surface area contributed by atoms with Crippen LogP contribution >= 0.6 is 0 Å². The van der Waals surface area contributed by atoms with Gasteiger partial charge in [-0.2, -0.15) is 0 Å². The van der Waals surface area contributed by atoms with Crippen LogP contribution in [0.1, 0.15) is 17.5 Å². The molecule has 0 unspecified atom stereocenters. The summed E-state index contributed by atoms with van der Waals surface area (Å²) >= 11 is 0. The number of alkyl carbamates (subject to hydrolysis) is 1. The quantitative estimate of drug-likeness (QED) is 0.466. The average Bonchev–Trinajstić information content (AvgIpc) is 2.60. The molecule has 0 saturated carbocycles. The zero-order chi connectivity index (χ0) is 18.1. The largest absolute Gasteiger partial charge is 0.445 e. The third-order valence-electron chi connectivity index (χ3n) is 3.22. The number of ether oxygens (including phenoxy) is 1. The van der Waals surface area contributed by atoms with Gasteiger partial charge in [-0.1, -0.05) is 42.5 Å². The first-order chi connectivity index (χ1) is 12.0. The van der Waals surface area contributed by atoms with E-state index in [0.717, 1.165) is 11.6 Å². The Hall–Kier alpha value is -3.22. The van der Waals surface area contributed by atoms with Crippen molar-refractivity contribution < 1.29 is 18.8 Å². The van der Waals surface area contributed by atoms with Gasteiger partial charge in [-0.15, -0.1) is 0 Å². The van der Waals surface area contributed by atoms with E-state index in [2.05, 4.69) is 5.32 Å². The molecule has 0 aromatic heterocycles. The SMILES string of the molecule is O=C(NCCC=Cc1cc(F)cc([N+](=O)[O-])c1)OCc1ccccc1. The van der Waals surface area contributed by atoms with Crippen molar-refractivity contribution in [2.75, 3.05) is 6.54 Å². The van der Waals surface area contributed by atoms with E-state index in [1.165, 1.54) is 12.1 Å². The molecule has 0 aliphatic heterocycles. The van der Waals surface area contributed by atoms with E-state index in [0.29, 0.717) is 18.5 Å². The molecular weight excluding hydrogens is 327 g/mol. The fraction of sp³-hybridized carbons (Fsp3) is 0.167. The van der Waals surface area contributed by atoms with Crippen molar-refractivity contribution >= 4 is 17.9 Å². The molecule has 25 heavy (non-hydrogen) atoms. The lowest BCUT2D eigenvalue weighted by Gasteiger charge is -2.05. The van der Waals surface area contributed by atoms with Gasteiger partial charge in [-0.05, 0) is 23.6 Å². The Kier molecular flexibility index (Phi) is 6.65.